The van der Waals surface area contributed by atoms with E-state index in [1.807, 2.05) is 12.1 Å². The molecule has 0 saturated heterocycles. The first-order valence-electron chi connectivity index (χ1n) is 10.5. The molecule has 3 heteroatoms. The van der Waals surface area contributed by atoms with Crippen molar-refractivity contribution in [2.75, 3.05) is 5.32 Å². The lowest BCUT2D eigenvalue weighted by atomic mass is 9.80. The van der Waals surface area contributed by atoms with Gasteiger partial charge in [0.05, 0.1) is 5.54 Å². The normalized spacial score (nSPS) is 18.3. The molecule has 0 fully saturated rings. The largest absolute Gasteiger partial charge is 0.485 e. The Morgan fingerprint density at radius 2 is 1.73 bits per heavy atom. The fourth-order valence-corrected chi connectivity index (χ4v) is 5.10. The molecule has 0 amide bonds. The third kappa shape index (κ3) is 3.20. The van der Waals surface area contributed by atoms with Gasteiger partial charge in [-0.2, -0.15) is 0 Å². The van der Waals surface area contributed by atoms with Crippen molar-refractivity contribution >= 4 is 22.9 Å². The molecule has 0 radical (unpaired) electrons. The van der Waals surface area contributed by atoms with Gasteiger partial charge in [-0.1, -0.05) is 48.0 Å². The van der Waals surface area contributed by atoms with Crippen molar-refractivity contribution in [3.63, 3.8) is 0 Å². The maximum absolute atomic E-state index is 6.65. The van der Waals surface area contributed by atoms with Crippen LogP contribution in [0.15, 0.2) is 60.7 Å². The zero-order valence-corrected chi connectivity index (χ0v) is 18.6. The SMILES string of the molecule is CC1=CC(C)(C)Nc2ccc3c(c21)C(Cc1ccc(Cl)cc1)Oc1cccc(C)c1-3. The molecule has 1 N–H and O–H groups in total. The van der Waals surface area contributed by atoms with Gasteiger partial charge in [0.15, 0.2) is 0 Å². The molecule has 0 saturated carbocycles. The zero-order chi connectivity index (χ0) is 21.0. The van der Waals surface area contributed by atoms with Crippen LogP contribution < -0.4 is 10.1 Å². The van der Waals surface area contributed by atoms with Gasteiger partial charge in [-0.3, -0.25) is 0 Å². The van der Waals surface area contributed by atoms with E-state index in [0.29, 0.717) is 0 Å². The van der Waals surface area contributed by atoms with Crippen LogP contribution in [0.5, 0.6) is 5.75 Å². The molecule has 2 nitrogen and oxygen atoms in total. The van der Waals surface area contributed by atoms with Crippen molar-refractivity contribution in [2.24, 2.45) is 0 Å². The molecule has 0 spiro atoms. The summed E-state index contributed by atoms with van der Waals surface area (Å²) in [7, 11) is 0. The minimum atomic E-state index is -0.0691. The van der Waals surface area contributed by atoms with E-state index in [0.717, 1.165) is 17.2 Å². The highest BCUT2D eigenvalue weighted by molar-refractivity contribution is 6.30. The maximum atomic E-state index is 6.65. The minimum Gasteiger partial charge on any atom is -0.485 e. The Morgan fingerprint density at radius 1 is 0.967 bits per heavy atom. The fraction of sp³-hybridized carbons (Fsp3) is 0.259. The number of nitrogens with one attached hydrogen (secondary N) is 1. The average Bonchev–Trinajstić information content (AvgIpc) is 2.68. The van der Waals surface area contributed by atoms with E-state index in [1.54, 1.807) is 0 Å². The Balaban J connectivity index is 1.72. The molecule has 2 aliphatic heterocycles. The maximum Gasteiger partial charge on any atom is 0.129 e. The van der Waals surface area contributed by atoms with Crippen molar-refractivity contribution in [2.45, 2.75) is 45.8 Å². The lowest BCUT2D eigenvalue weighted by molar-refractivity contribution is 0.202. The van der Waals surface area contributed by atoms with E-state index < -0.39 is 0 Å². The average molecular weight is 416 g/mol. The first-order valence-corrected chi connectivity index (χ1v) is 10.9. The molecule has 2 aliphatic rings. The molecule has 152 valence electrons. The molecule has 1 atom stereocenters. The number of allylic oxidation sites excluding steroid dienone is 1. The third-order valence-electron chi connectivity index (χ3n) is 6.10. The monoisotopic (exact) mass is 415 g/mol. The summed E-state index contributed by atoms with van der Waals surface area (Å²) in [5.41, 5.74) is 9.91. The van der Waals surface area contributed by atoms with E-state index in [1.165, 1.54) is 44.6 Å². The number of fused-ring (bicyclic) bond motifs is 5. The van der Waals surface area contributed by atoms with E-state index in [4.69, 9.17) is 16.3 Å². The number of halogens is 1. The second kappa shape index (κ2) is 6.92. The zero-order valence-electron chi connectivity index (χ0n) is 17.8. The van der Waals surface area contributed by atoms with Crippen LogP contribution in [0, 0.1) is 6.92 Å². The molecular formula is C27H26ClNO. The summed E-state index contributed by atoms with van der Waals surface area (Å²) in [6.07, 6.45) is 3.06. The number of rotatable bonds is 2. The second-order valence-electron chi connectivity index (χ2n) is 9.01. The number of hydrogen-bond acceptors (Lipinski definition) is 2. The Hall–Kier alpha value is -2.71. The summed E-state index contributed by atoms with van der Waals surface area (Å²) < 4.78 is 6.65. The van der Waals surface area contributed by atoms with Crippen LogP contribution in [0.25, 0.3) is 16.7 Å². The standard InChI is InChI=1S/C27H26ClNO/c1-16-6-5-7-22-24(16)20-12-13-21-25(17(2)15-27(3,4)29-21)26(20)23(30-22)14-18-8-10-19(28)11-9-18/h5-13,15,23,29H,14H2,1-4H3. The summed E-state index contributed by atoms with van der Waals surface area (Å²) in [4.78, 5) is 0. The molecule has 30 heavy (non-hydrogen) atoms. The molecule has 3 aromatic carbocycles. The van der Waals surface area contributed by atoms with Crippen LogP contribution in [0.1, 0.15) is 49.1 Å². The first kappa shape index (κ1) is 19.3. The lowest BCUT2D eigenvalue weighted by Crippen LogP contribution is -2.32. The summed E-state index contributed by atoms with van der Waals surface area (Å²) in [5, 5.41) is 4.45. The van der Waals surface area contributed by atoms with Crippen LogP contribution >= 0.6 is 11.6 Å². The molecule has 1 unspecified atom stereocenters. The van der Waals surface area contributed by atoms with E-state index in [-0.39, 0.29) is 11.6 Å². The van der Waals surface area contributed by atoms with E-state index in [9.17, 15) is 0 Å². The number of hydrogen-bond donors (Lipinski definition) is 1. The van der Waals surface area contributed by atoms with Crippen molar-refractivity contribution in [3.05, 3.63) is 87.9 Å². The Morgan fingerprint density at radius 3 is 2.50 bits per heavy atom. The third-order valence-corrected chi connectivity index (χ3v) is 6.36. The predicted octanol–water partition coefficient (Wildman–Crippen LogP) is 7.60. The molecule has 0 aliphatic carbocycles. The van der Waals surface area contributed by atoms with Gasteiger partial charge in [0.2, 0.25) is 0 Å². The number of aryl methyl sites for hydroxylation is 1. The Kier molecular flexibility index (Phi) is 4.44. The summed E-state index contributed by atoms with van der Waals surface area (Å²) in [5.74, 6) is 0.965. The Bertz CT molecular complexity index is 1170. The van der Waals surface area contributed by atoms with Gasteiger partial charge in [0.25, 0.3) is 0 Å². The quantitative estimate of drug-likeness (QED) is 0.465. The van der Waals surface area contributed by atoms with Crippen molar-refractivity contribution < 1.29 is 4.74 Å². The van der Waals surface area contributed by atoms with Crippen molar-refractivity contribution in [1.82, 2.24) is 0 Å². The smallest absolute Gasteiger partial charge is 0.129 e. The summed E-state index contributed by atoms with van der Waals surface area (Å²) >= 11 is 6.11. The van der Waals surface area contributed by atoms with Gasteiger partial charge >= 0.3 is 0 Å². The fourth-order valence-electron chi connectivity index (χ4n) is 4.97. The van der Waals surface area contributed by atoms with Crippen LogP contribution in [0.4, 0.5) is 5.69 Å². The van der Waals surface area contributed by atoms with Gasteiger partial charge < -0.3 is 10.1 Å². The van der Waals surface area contributed by atoms with Gasteiger partial charge in [-0.25, -0.2) is 0 Å². The van der Waals surface area contributed by atoms with Gasteiger partial charge in [-0.15, -0.1) is 0 Å². The van der Waals surface area contributed by atoms with Gasteiger partial charge in [0, 0.05) is 33.8 Å². The summed E-state index contributed by atoms with van der Waals surface area (Å²) in [6.45, 7) is 8.80. The van der Waals surface area contributed by atoms with E-state index >= 15 is 0 Å². The Labute approximate surface area is 183 Å². The van der Waals surface area contributed by atoms with Crippen LogP contribution in [0.3, 0.4) is 0 Å². The highest BCUT2D eigenvalue weighted by Gasteiger charge is 2.34. The van der Waals surface area contributed by atoms with Crippen LogP contribution in [-0.2, 0) is 6.42 Å². The second-order valence-corrected chi connectivity index (χ2v) is 9.44. The van der Waals surface area contributed by atoms with Crippen molar-refractivity contribution in [3.8, 4) is 16.9 Å². The van der Waals surface area contributed by atoms with Crippen LogP contribution in [-0.4, -0.2) is 5.54 Å². The van der Waals surface area contributed by atoms with Gasteiger partial charge in [0.1, 0.15) is 11.9 Å². The molecule has 0 bridgehead atoms. The topological polar surface area (TPSA) is 21.3 Å². The molecule has 5 rings (SSSR count). The highest BCUT2D eigenvalue weighted by atomic mass is 35.5. The van der Waals surface area contributed by atoms with Crippen LogP contribution in [0.2, 0.25) is 5.02 Å². The van der Waals surface area contributed by atoms with E-state index in [2.05, 4.69) is 81.6 Å². The summed E-state index contributed by atoms with van der Waals surface area (Å²) in [6, 6.07) is 18.9. The molecular weight excluding hydrogens is 390 g/mol. The first-order chi connectivity index (χ1) is 14.3. The van der Waals surface area contributed by atoms with Gasteiger partial charge in [-0.05, 0) is 74.2 Å². The number of benzene rings is 3. The highest BCUT2D eigenvalue weighted by Crippen LogP contribution is 2.50. The van der Waals surface area contributed by atoms with Crippen molar-refractivity contribution in [1.29, 1.82) is 0 Å². The predicted molar refractivity (Wildman–Crippen MR) is 126 cm³/mol. The molecule has 3 aromatic rings. The lowest BCUT2D eigenvalue weighted by Gasteiger charge is -2.37. The minimum absolute atomic E-state index is 0.0585. The number of ether oxygens (including phenoxy) is 1. The molecule has 0 aromatic heterocycles. The number of anilines is 1. The molecule has 2 heterocycles.